The number of nitrogens with one attached hydrogen (secondary N) is 2. The molecule has 0 radical (unpaired) electrons. The fourth-order valence-electron chi connectivity index (χ4n) is 5.35. The number of halogens is 2. The van der Waals surface area contributed by atoms with Crippen LogP contribution in [0.25, 0.3) is 0 Å². The third-order valence-electron chi connectivity index (χ3n) is 7.76. The van der Waals surface area contributed by atoms with Crippen molar-refractivity contribution in [3.05, 3.63) is 116 Å². The Kier molecular flexibility index (Phi) is 11.6. The first kappa shape index (κ1) is 36.1. The Morgan fingerprint density at radius 2 is 1.04 bits per heavy atom. The molecule has 6 rings (SSSR count). The van der Waals surface area contributed by atoms with Crippen molar-refractivity contribution >= 4 is 23.2 Å². The fourth-order valence-corrected chi connectivity index (χ4v) is 5.96. The molecule has 4 N–H and O–H groups in total. The molecule has 6 aromatic rings. The maximum absolute atomic E-state index is 9.96. The number of rotatable bonds is 10. The van der Waals surface area contributed by atoms with Crippen LogP contribution in [-0.4, -0.2) is 51.5 Å². The minimum Gasteiger partial charge on any atom is -0.508 e. The lowest BCUT2D eigenvalue weighted by Gasteiger charge is -2.15. The van der Waals surface area contributed by atoms with Gasteiger partial charge in [0.05, 0.1) is 10.0 Å². The van der Waals surface area contributed by atoms with E-state index in [0.29, 0.717) is 51.8 Å². The highest BCUT2D eigenvalue weighted by molar-refractivity contribution is 6.37. The van der Waals surface area contributed by atoms with Gasteiger partial charge < -0.3 is 19.7 Å². The zero-order chi connectivity index (χ0) is 35.9. The lowest BCUT2D eigenvalue weighted by Crippen LogP contribution is -1.97. The summed E-state index contributed by atoms with van der Waals surface area (Å²) in [5.41, 5.74) is 5.70. The zero-order valence-corrected chi connectivity index (χ0v) is 30.0. The van der Waals surface area contributed by atoms with E-state index < -0.39 is 0 Å². The number of nitrogens with zero attached hydrogens (tertiary/aromatic N) is 6. The van der Waals surface area contributed by atoms with Crippen LogP contribution in [0.2, 0.25) is 10.0 Å². The Hall–Kier alpha value is -5.20. The molecule has 0 saturated heterocycles. The number of phenols is 2. The van der Waals surface area contributed by atoms with Crippen LogP contribution in [0, 0.1) is 13.8 Å². The van der Waals surface area contributed by atoms with Crippen LogP contribution in [0.15, 0.2) is 60.7 Å². The Balaban J connectivity index is 0.000000194. The number of aromatic hydroxyl groups is 2. The van der Waals surface area contributed by atoms with E-state index >= 15 is 0 Å². The van der Waals surface area contributed by atoms with E-state index in [-0.39, 0.29) is 17.6 Å². The molecule has 0 amide bonds. The number of tetrazole rings is 2. The molecule has 0 aliphatic rings. The van der Waals surface area contributed by atoms with Crippen molar-refractivity contribution in [2.75, 3.05) is 0 Å². The molecule has 260 valence electrons. The van der Waals surface area contributed by atoms with Gasteiger partial charge in [-0.1, -0.05) is 73.5 Å². The molecule has 0 saturated carbocycles. The molecule has 2 aromatic heterocycles. The summed E-state index contributed by atoms with van der Waals surface area (Å²) in [6.07, 6.45) is 1.07. The molecular formula is C36H38Cl2N8O4. The van der Waals surface area contributed by atoms with Gasteiger partial charge in [-0.2, -0.15) is 10.4 Å². The molecular weight excluding hydrogens is 679 g/mol. The monoisotopic (exact) mass is 716 g/mol. The second kappa shape index (κ2) is 16.0. The summed E-state index contributed by atoms with van der Waals surface area (Å²) in [5, 5.41) is 48.4. The van der Waals surface area contributed by atoms with E-state index in [1.54, 1.807) is 42.5 Å². The Morgan fingerprint density at radius 3 is 1.44 bits per heavy atom. The van der Waals surface area contributed by atoms with Gasteiger partial charge in [0.1, 0.15) is 28.7 Å². The number of hydrogen-bond acceptors (Lipinski definition) is 10. The maximum atomic E-state index is 9.96. The minimum atomic E-state index is 0.159. The van der Waals surface area contributed by atoms with Gasteiger partial charge in [-0.15, -0.1) is 20.4 Å². The van der Waals surface area contributed by atoms with Crippen LogP contribution < -0.4 is 9.47 Å². The van der Waals surface area contributed by atoms with Crippen LogP contribution in [0.5, 0.6) is 34.5 Å². The average molecular weight is 718 g/mol. The first-order valence-corrected chi connectivity index (χ1v) is 16.7. The summed E-state index contributed by atoms with van der Waals surface area (Å²) in [4.78, 5) is 0. The number of benzene rings is 4. The van der Waals surface area contributed by atoms with Gasteiger partial charge in [-0.25, -0.2) is 0 Å². The highest BCUT2D eigenvalue weighted by Crippen LogP contribution is 2.40. The number of aromatic amines is 2. The molecule has 0 spiro atoms. The molecule has 14 heteroatoms. The summed E-state index contributed by atoms with van der Waals surface area (Å²) >= 11 is 12.7. The summed E-state index contributed by atoms with van der Waals surface area (Å²) in [6, 6.07) is 18.0. The lowest BCUT2D eigenvalue weighted by atomic mass is 10.0. The van der Waals surface area contributed by atoms with Gasteiger partial charge in [0, 0.05) is 24.0 Å². The quantitative estimate of drug-likeness (QED) is 0.108. The van der Waals surface area contributed by atoms with Crippen LogP contribution in [0.1, 0.15) is 84.6 Å². The normalized spacial score (nSPS) is 11.1. The van der Waals surface area contributed by atoms with Crippen molar-refractivity contribution in [2.45, 2.75) is 66.2 Å². The second-order valence-corrected chi connectivity index (χ2v) is 13.2. The third kappa shape index (κ3) is 9.07. The van der Waals surface area contributed by atoms with E-state index in [2.05, 4.69) is 53.4 Å². The molecule has 0 aliphatic heterocycles. The predicted molar refractivity (Wildman–Crippen MR) is 191 cm³/mol. The second-order valence-electron chi connectivity index (χ2n) is 12.4. The molecule has 50 heavy (non-hydrogen) atoms. The Morgan fingerprint density at radius 1 is 0.620 bits per heavy atom. The first-order chi connectivity index (χ1) is 23.9. The summed E-state index contributed by atoms with van der Waals surface area (Å²) in [5.74, 6) is 4.58. The number of aryl methyl sites for hydroxylation is 2. The number of hydrogen-bond donors (Lipinski definition) is 4. The van der Waals surface area contributed by atoms with Gasteiger partial charge in [0.25, 0.3) is 0 Å². The molecule has 0 bridgehead atoms. The summed E-state index contributed by atoms with van der Waals surface area (Å²) < 4.78 is 12.0. The Labute approximate surface area is 299 Å². The van der Waals surface area contributed by atoms with Crippen LogP contribution in [0.3, 0.4) is 0 Å². The SMILES string of the molecule is CC(C)c1cc(Oc2c(Cl)cc(Cc3nn[nH]n3)cc2Cl)ccc1O.Cc1cc(Cc2nn[nH]n2)cc(C)c1Oc1ccc(O)c(C(C)C)c1. The van der Waals surface area contributed by atoms with Crippen LogP contribution in [-0.2, 0) is 12.8 Å². The van der Waals surface area contributed by atoms with Gasteiger partial charge in [0.2, 0.25) is 0 Å². The number of aromatic nitrogens is 8. The topological polar surface area (TPSA) is 168 Å². The fraction of sp³-hybridized carbons (Fsp3) is 0.278. The molecule has 0 unspecified atom stereocenters. The van der Waals surface area contributed by atoms with Crippen LogP contribution >= 0.6 is 23.2 Å². The van der Waals surface area contributed by atoms with Crippen molar-refractivity contribution < 1.29 is 19.7 Å². The van der Waals surface area contributed by atoms with Gasteiger partial charge in [0.15, 0.2) is 17.4 Å². The van der Waals surface area contributed by atoms with Crippen molar-refractivity contribution in [3.8, 4) is 34.5 Å². The van der Waals surface area contributed by atoms with Gasteiger partial charge in [-0.3, -0.25) is 0 Å². The van der Waals surface area contributed by atoms with Crippen molar-refractivity contribution in [1.82, 2.24) is 41.2 Å². The largest absolute Gasteiger partial charge is 0.508 e. The molecule has 4 aromatic carbocycles. The highest BCUT2D eigenvalue weighted by atomic mass is 35.5. The molecule has 0 aliphatic carbocycles. The third-order valence-corrected chi connectivity index (χ3v) is 8.32. The van der Waals surface area contributed by atoms with E-state index in [9.17, 15) is 10.2 Å². The van der Waals surface area contributed by atoms with Gasteiger partial charge >= 0.3 is 0 Å². The number of phenolic OH excluding ortho intramolecular Hbond substituents is 2. The smallest absolute Gasteiger partial charge is 0.178 e. The summed E-state index contributed by atoms with van der Waals surface area (Å²) in [6.45, 7) is 12.1. The van der Waals surface area contributed by atoms with Gasteiger partial charge in [-0.05, 0) is 96.5 Å². The molecule has 12 nitrogen and oxygen atoms in total. The van der Waals surface area contributed by atoms with Crippen molar-refractivity contribution in [2.24, 2.45) is 0 Å². The standard InChI is InChI=1S/C19H22N4O2.C17H16Cl2N4O2/c1-11(2)16-10-15(5-6-17(16)24)25-19-12(3)7-14(8-13(19)4)9-18-20-22-23-21-18;1-9(2)12-8-11(3-4-15(12)24)25-17-13(18)5-10(6-14(17)19)7-16-20-22-23-21-16/h5-8,10-11,24H,9H2,1-4H3,(H,20,21,22,23);3-6,8-9,24H,7H2,1-2H3,(H,20,21,22,23). The number of H-pyrrole nitrogens is 2. The Bertz CT molecular complexity index is 1860. The molecule has 0 fully saturated rings. The molecule has 2 heterocycles. The highest BCUT2D eigenvalue weighted by Gasteiger charge is 2.15. The van der Waals surface area contributed by atoms with Crippen LogP contribution in [0.4, 0.5) is 0 Å². The van der Waals surface area contributed by atoms with E-state index in [0.717, 1.165) is 44.9 Å². The first-order valence-electron chi connectivity index (χ1n) is 15.9. The predicted octanol–water partition coefficient (Wildman–Crippen LogP) is 8.75. The molecule has 0 atom stereocenters. The lowest BCUT2D eigenvalue weighted by molar-refractivity contribution is 0.452. The average Bonchev–Trinajstić information content (AvgIpc) is 3.77. The minimum absolute atomic E-state index is 0.159. The number of ether oxygens (including phenoxy) is 2. The van der Waals surface area contributed by atoms with Crippen molar-refractivity contribution in [1.29, 1.82) is 0 Å². The van der Waals surface area contributed by atoms with Crippen molar-refractivity contribution in [3.63, 3.8) is 0 Å². The van der Waals surface area contributed by atoms with E-state index in [1.165, 1.54) is 0 Å². The van der Waals surface area contributed by atoms with E-state index in [1.807, 2.05) is 47.6 Å². The van der Waals surface area contributed by atoms with E-state index in [4.69, 9.17) is 32.7 Å². The zero-order valence-electron chi connectivity index (χ0n) is 28.5. The summed E-state index contributed by atoms with van der Waals surface area (Å²) in [7, 11) is 0. The maximum Gasteiger partial charge on any atom is 0.178 e.